The number of benzene rings is 2. The average Bonchev–Trinajstić information content (AvgIpc) is 3.32. The van der Waals surface area contributed by atoms with E-state index in [-0.39, 0.29) is 33.5 Å². The molecule has 5 atom stereocenters. The van der Waals surface area contributed by atoms with Crippen molar-refractivity contribution >= 4 is 116 Å². The Labute approximate surface area is 273 Å². The zero-order chi connectivity index (χ0) is 30.2. The van der Waals surface area contributed by atoms with Crippen LogP contribution < -0.4 is 0 Å². The number of imide groups is 1. The first-order chi connectivity index (χ1) is 19.2. The van der Waals surface area contributed by atoms with Gasteiger partial charge >= 0.3 is 0 Å². The number of carbonyl (C=O) groups excluding carboxylic acids is 4. The number of alkyl halides is 5. The van der Waals surface area contributed by atoms with E-state index in [2.05, 4.69) is 0 Å². The Hall–Kier alpha value is -1.29. The summed E-state index contributed by atoms with van der Waals surface area (Å²) in [6.07, 6.45) is -0.212. The lowest BCUT2D eigenvalue weighted by Gasteiger charge is -2.39. The number of Topliss-reactive ketones (excluding diaryl/α,β-unsaturated/α-hetero) is 1. The number of allylic oxidation sites excluding steroid dienone is 2. The summed E-state index contributed by atoms with van der Waals surface area (Å²) in [5, 5.41) is 0.866. The molecule has 1 aliphatic heterocycles. The molecule has 0 radical (unpaired) electrons. The van der Waals surface area contributed by atoms with Crippen LogP contribution in [0.3, 0.4) is 0 Å². The van der Waals surface area contributed by atoms with E-state index in [9.17, 15) is 23.6 Å². The molecule has 5 rings (SSSR count). The van der Waals surface area contributed by atoms with E-state index in [4.69, 9.17) is 92.8 Å². The summed E-state index contributed by atoms with van der Waals surface area (Å²) in [7, 11) is 0. The lowest BCUT2D eigenvalue weighted by molar-refractivity contribution is -0.157. The molecule has 3 aliphatic rings. The molecule has 2 bridgehead atoms. The number of rotatable bonds is 7. The van der Waals surface area contributed by atoms with E-state index in [1.165, 1.54) is 36.4 Å². The molecule has 0 N–H and O–H groups in total. The first kappa shape index (κ1) is 31.1. The van der Waals surface area contributed by atoms with Crippen LogP contribution in [-0.2, 0) is 9.59 Å². The fraction of sp³-hybridized carbons (Fsp3) is 0.308. The number of amides is 3. The highest BCUT2D eigenvalue weighted by molar-refractivity contribution is 6.66. The maximum Gasteiger partial charge on any atom is 0.273 e. The number of hydrogen-bond donors (Lipinski definition) is 0. The minimum absolute atomic E-state index is 0.00861. The standard InChI is InChI=1S/C26H15Cl8FN2O4/c27-10-9-15(18(38)11-3-7-14(35)8-4-11)36(21(39)12-1-5-13(28)6-2-12)37-22(40)16-17(23(37)41)25(32)20(30)19(29)24(16,31)26(25,33)34/h1-8,15-17H,9-10H2/t15-,16-,17+,24+,25+/m0/s1. The molecule has 3 amide bonds. The van der Waals surface area contributed by atoms with E-state index in [1.807, 2.05) is 0 Å². The first-order valence-corrected chi connectivity index (χ1v) is 15.0. The van der Waals surface area contributed by atoms with Crippen LogP contribution in [0.15, 0.2) is 58.6 Å². The molecular formula is C26H15Cl8FN2O4. The van der Waals surface area contributed by atoms with Crippen molar-refractivity contribution in [3.63, 3.8) is 0 Å². The molecule has 0 spiro atoms. The summed E-state index contributed by atoms with van der Waals surface area (Å²) >= 11 is 51.6. The van der Waals surface area contributed by atoms with E-state index in [0.29, 0.717) is 15.0 Å². The predicted octanol–water partition coefficient (Wildman–Crippen LogP) is 7.16. The maximum atomic E-state index is 14.1. The smallest absolute Gasteiger partial charge is 0.273 e. The molecule has 2 aliphatic carbocycles. The molecule has 2 fully saturated rings. The number of hydrazine groups is 1. The summed E-state index contributed by atoms with van der Waals surface area (Å²) in [6, 6.07) is 8.50. The van der Waals surface area contributed by atoms with Crippen molar-refractivity contribution in [1.82, 2.24) is 10.0 Å². The lowest BCUT2D eigenvalue weighted by atomic mass is 9.84. The van der Waals surface area contributed by atoms with Crippen LogP contribution in [0, 0.1) is 17.7 Å². The number of fused-ring (bicyclic) bond motifs is 5. The molecule has 0 aromatic heterocycles. The summed E-state index contributed by atoms with van der Waals surface area (Å²) in [5.41, 5.74) is -0.0356. The van der Waals surface area contributed by atoms with Crippen LogP contribution in [-0.4, -0.2) is 59.5 Å². The van der Waals surface area contributed by atoms with Crippen molar-refractivity contribution in [2.24, 2.45) is 11.8 Å². The number of nitrogens with zero attached hydrogens (tertiary/aromatic N) is 2. The SMILES string of the molecule is O=C(c1ccc(F)cc1)[C@H](CCCl)N(C(=O)c1ccc(Cl)cc1)N1C(=O)[C@@H]2[C@H](C1=O)[C@@]1(Cl)C(Cl)=C(Cl)[C@@]2(Cl)C1(Cl)Cl. The molecule has 6 nitrogen and oxygen atoms in total. The second-order valence-corrected chi connectivity index (χ2v) is 13.7. The van der Waals surface area contributed by atoms with Gasteiger partial charge in [-0.1, -0.05) is 58.0 Å². The van der Waals surface area contributed by atoms with Crippen molar-refractivity contribution in [3.8, 4) is 0 Å². The van der Waals surface area contributed by atoms with Crippen molar-refractivity contribution in [3.05, 3.63) is 80.6 Å². The van der Waals surface area contributed by atoms with E-state index in [1.54, 1.807) is 0 Å². The number of hydrogen-bond acceptors (Lipinski definition) is 4. The Morgan fingerprint density at radius 3 is 1.76 bits per heavy atom. The zero-order valence-corrected chi connectivity index (χ0v) is 26.2. The van der Waals surface area contributed by atoms with E-state index < -0.39 is 61.3 Å². The van der Waals surface area contributed by atoms with Crippen LogP contribution in [0.5, 0.6) is 0 Å². The highest BCUT2D eigenvalue weighted by Crippen LogP contribution is 2.77. The van der Waals surface area contributed by atoms with Gasteiger partial charge < -0.3 is 0 Å². The molecule has 41 heavy (non-hydrogen) atoms. The Balaban J connectivity index is 1.67. The molecule has 0 unspecified atom stereocenters. The number of halogens is 9. The molecule has 15 heteroatoms. The van der Waals surface area contributed by atoms with E-state index in [0.717, 1.165) is 12.1 Å². The van der Waals surface area contributed by atoms with Gasteiger partial charge in [0, 0.05) is 22.0 Å². The highest BCUT2D eigenvalue weighted by Gasteiger charge is 2.88. The quantitative estimate of drug-likeness (QED) is 0.173. The molecule has 2 aromatic carbocycles. The minimum atomic E-state index is -2.20. The average molecular weight is 722 g/mol. The summed E-state index contributed by atoms with van der Waals surface area (Å²) in [6.45, 7) is 0. The van der Waals surface area contributed by atoms with Gasteiger partial charge in [-0.15, -0.1) is 34.8 Å². The topological polar surface area (TPSA) is 74.8 Å². The molecule has 216 valence electrons. The van der Waals surface area contributed by atoms with Crippen LogP contribution in [0.2, 0.25) is 5.02 Å². The van der Waals surface area contributed by atoms with Gasteiger partial charge in [-0.25, -0.2) is 9.40 Å². The fourth-order valence-corrected chi connectivity index (χ4v) is 8.83. The molecular weight excluding hydrogens is 707 g/mol. The van der Waals surface area contributed by atoms with Gasteiger partial charge in [0.05, 0.1) is 21.9 Å². The van der Waals surface area contributed by atoms with Crippen molar-refractivity contribution in [2.45, 2.75) is 26.5 Å². The number of ketones is 1. The van der Waals surface area contributed by atoms with Gasteiger partial charge in [0.25, 0.3) is 17.7 Å². The lowest BCUT2D eigenvalue weighted by Crippen LogP contribution is -2.60. The first-order valence-electron chi connectivity index (χ1n) is 11.8. The van der Waals surface area contributed by atoms with Crippen LogP contribution in [0.25, 0.3) is 0 Å². The van der Waals surface area contributed by atoms with Gasteiger partial charge in [-0.2, -0.15) is 5.01 Å². The summed E-state index contributed by atoms with van der Waals surface area (Å²) in [4.78, 5) is 51.8. The molecule has 1 saturated heterocycles. The van der Waals surface area contributed by atoms with Gasteiger partial charge in [-0.3, -0.25) is 19.2 Å². The van der Waals surface area contributed by atoms with Gasteiger partial charge in [0.2, 0.25) is 0 Å². The Kier molecular flexibility index (Phi) is 8.13. The largest absolute Gasteiger partial charge is 0.292 e. The Morgan fingerprint density at radius 2 is 1.29 bits per heavy atom. The minimum Gasteiger partial charge on any atom is -0.292 e. The number of carbonyl (C=O) groups is 4. The maximum absolute atomic E-state index is 14.1. The fourth-order valence-electron chi connectivity index (χ4n) is 5.56. The summed E-state index contributed by atoms with van der Waals surface area (Å²) in [5.74, 6) is -7.64. The monoisotopic (exact) mass is 718 g/mol. The molecule has 1 heterocycles. The zero-order valence-electron chi connectivity index (χ0n) is 20.2. The molecule has 2 aromatic rings. The molecule has 1 saturated carbocycles. The highest BCUT2D eigenvalue weighted by atomic mass is 35.5. The second kappa shape index (κ2) is 10.7. The van der Waals surface area contributed by atoms with Crippen LogP contribution >= 0.6 is 92.8 Å². The Morgan fingerprint density at radius 1 is 0.829 bits per heavy atom. The van der Waals surface area contributed by atoms with Crippen molar-refractivity contribution in [2.75, 3.05) is 5.88 Å². The summed E-state index contributed by atoms with van der Waals surface area (Å²) < 4.78 is 11.4. The van der Waals surface area contributed by atoms with Gasteiger partial charge in [0.15, 0.2) is 10.1 Å². The van der Waals surface area contributed by atoms with Crippen molar-refractivity contribution in [1.29, 1.82) is 0 Å². The van der Waals surface area contributed by atoms with E-state index >= 15 is 0 Å². The normalized spacial score (nSPS) is 28.8. The second-order valence-electron chi connectivity index (χ2n) is 9.59. The Bertz CT molecular complexity index is 1470. The van der Waals surface area contributed by atoms with Crippen molar-refractivity contribution < 1.29 is 23.6 Å². The predicted molar refractivity (Wildman–Crippen MR) is 157 cm³/mol. The van der Waals surface area contributed by atoms with Crippen LogP contribution in [0.1, 0.15) is 27.1 Å². The van der Waals surface area contributed by atoms with Gasteiger partial charge in [-0.05, 0) is 55.0 Å². The van der Waals surface area contributed by atoms with Crippen LogP contribution in [0.4, 0.5) is 4.39 Å². The third-order valence-corrected chi connectivity index (χ3v) is 12.2. The third kappa shape index (κ3) is 4.18. The van der Waals surface area contributed by atoms with Gasteiger partial charge in [0.1, 0.15) is 21.6 Å². The third-order valence-electron chi connectivity index (χ3n) is 7.51.